The van der Waals surface area contributed by atoms with Crippen molar-refractivity contribution in [1.82, 2.24) is 4.90 Å². The molecule has 0 saturated carbocycles. The maximum Gasteiger partial charge on any atom is 0.326 e. The third kappa shape index (κ3) is 3.09. The van der Waals surface area contributed by atoms with Gasteiger partial charge < -0.3 is 28.4 Å². The minimum absolute atomic E-state index is 0.00288. The summed E-state index contributed by atoms with van der Waals surface area (Å²) in [4.78, 5) is 15.0. The summed E-state index contributed by atoms with van der Waals surface area (Å²) >= 11 is 0. The Balaban J connectivity index is 1.39. The Morgan fingerprint density at radius 2 is 1.35 bits per heavy atom. The topological polar surface area (TPSA) is 75.7 Å². The predicted molar refractivity (Wildman–Crippen MR) is 107 cm³/mol. The quantitative estimate of drug-likeness (QED) is 0.680. The number of hydrogen-bond acceptors (Lipinski definition) is 8. The van der Waals surface area contributed by atoms with Crippen LogP contribution in [0.2, 0.25) is 0 Å². The van der Waals surface area contributed by atoms with Crippen LogP contribution in [0.3, 0.4) is 0 Å². The van der Waals surface area contributed by atoms with E-state index in [1.54, 1.807) is 0 Å². The number of fused-ring (bicyclic) bond motifs is 3. The van der Waals surface area contributed by atoms with Gasteiger partial charge in [-0.15, -0.1) is 0 Å². The highest BCUT2D eigenvalue weighted by atomic mass is 16.6. The van der Waals surface area contributed by atoms with Crippen LogP contribution in [0.4, 0.5) is 0 Å². The lowest BCUT2D eigenvalue weighted by Gasteiger charge is -2.37. The third-order valence-corrected chi connectivity index (χ3v) is 6.12. The second kappa shape index (κ2) is 7.32. The molecular formula is C23H23NO7. The van der Waals surface area contributed by atoms with E-state index in [0.29, 0.717) is 50.3 Å². The first-order valence-electron chi connectivity index (χ1n) is 10.6. The molecule has 0 bridgehead atoms. The molecule has 0 radical (unpaired) electrons. The fraction of sp³-hybridized carbons (Fsp3) is 0.435. The number of cyclic esters (lactones) is 1. The van der Waals surface area contributed by atoms with Crippen molar-refractivity contribution in [3.63, 3.8) is 0 Å². The molecule has 0 amide bonds. The van der Waals surface area contributed by atoms with Gasteiger partial charge in [-0.1, -0.05) is 12.1 Å². The lowest BCUT2D eigenvalue weighted by atomic mass is 9.99. The van der Waals surface area contributed by atoms with Crippen LogP contribution < -0.4 is 18.9 Å². The van der Waals surface area contributed by atoms with E-state index in [9.17, 15) is 4.79 Å². The maximum atomic E-state index is 12.9. The van der Waals surface area contributed by atoms with Crippen LogP contribution in [-0.2, 0) is 14.3 Å². The molecule has 8 nitrogen and oxygen atoms in total. The van der Waals surface area contributed by atoms with Crippen molar-refractivity contribution in [1.29, 1.82) is 0 Å². The monoisotopic (exact) mass is 425 g/mol. The smallest absolute Gasteiger partial charge is 0.326 e. The molecule has 0 N–H and O–H groups in total. The van der Waals surface area contributed by atoms with Gasteiger partial charge >= 0.3 is 5.97 Å². The molecule has 4 aliphatic heterocycles. The lowest BCUT2D eigenvalue weighted by molar-refractivity contribution is -0.161. The van der Waals surface area contributed by atoms with Crippen molar-refractivity contribution in [3.8, 4) is 23.0 Å². The van der Waals surface area contributed by atoms with Crippen molar-refractivity contribution in [2.24, 2.45) is 0 Å². The van der Waals surface area contributed by atoms with Gasteiger partial charge in [-0.25, -0.2) is 0 Å². The minimum Gasteiger partial charge on any atom is -0.486 e. The molecule has 0 spiro atoms. The van der Waals surface area contributed by atoms with Crippen LogP contribution in [0, 0.1) is 0 Å². The second-order valence-corrected chi connectivity index (χ2v) is 8.09. The number of rotatable bonds is 2. The van der Waals surface area contributed by atoms with E-state index in [4.69, 9.17) is 28.4 Å². The average molecular weight is 425 g/mol. The van der Waals surface area contributed by atoms with Crippen molar-refractivity contribution in [2.45, 2.75) is 31.3 Å². The highest BCUT2D eigenvalue weighted by Crippen LogP contribution is 2.48. The molecule has 2 aromatic rings. The molecule has 4 aliphatic rings. The van der Waals surface area contributed by atoms with Crippen LogP contribution in [0.1, 0.15) is 30.4 Å². The predicted octanol–water partition coefficient (Wildman–Crippen LogP) is 2.62. The summed E-state index contributed by atoms with van der Waals surface area (Å²) in [5, 5.41) is 0. The van der Waals surface area contributed by atoms with E-state index in [1.807, 2.05) is 43.3 Å². The maximum absolute atomic E-state index is 12.9. The van der Waals surface area contributed by atoms with Gasteiger partial charge in [-0.05, 0) is 42.3 Å². The Morgan fingerprint density at radius 3 is 2.03 bits per heavy atom. The van der Waals surface area contributed by atoms with Crippen molar-refractivity contribution >= 4 is 5.97 Å². The van der Waals surface area contributed by atoms with E-state index >= 15 is 0 Å². The Morgan fingerprint density at radius 1 is 0.774 bits per heavy atom. The molecule has 162 valence electrons. The molecule has 2 saturated heterocycles. The van der Waals surface area contributed by atoms with E-state index < -0.39 is 18.4 Å². The highest BCUT2D eigenvalue weighted by molar-refractivity contribution is 5.78. The van der Waals surface area contributed by atoms with E-state index in [1.165, 1.54) is 0 Å². The summed E-state index contributed by atoms with van der Waals surface area (Å²) in [6.07, 6.45) is -0.911. The third-order valence-electron chi connectivity index (χ3n) is 6.12. The molecule has 0 aromatic heterocycles. The fourth-order valence-corrected chi connectivity index (χ4v) is 4.67. The second-order valence-electron chi connectivity index (χ2n) is 8.09. The van der Waals surface area contributed by atoms with E-state index in [2.05, 4.69) is 4.90 Å². The zero-order chi connectivity index (χ0) is 20.9. The fourth-order valence-electron chi connectivity index (χ4n) is 4.67. The first-order valence-corrected chi connectivity index (χ1v) is 10.6. The number of carbonyl (C=O) groups excluding carboxylic acids is 1. The van der Waals surface area contributed by atoms with Crippen LogP contribution >= 0.6 is 0 Å². The zero-order valence-electron chi connectivity index (χ0n) is 17.1. The standard InChI is InChI=1S/C23H23NO7/c1-13-12-30-23(25)20-21(14-2-4-16-18(10-14)28-8-6-26-16)31-22(24(13)20)15-3-5-17-19(11-15)29-9-7-27-17/h2-5,10-11,13,20-22H,6-9,12H2,1H3/t13-,20?,21+,22?/m0/s1. The van der Waals surface area contributed by atoms with E-state index in [-0.39, 0.29) is 12.0 Å². The number of carbonyl (C=O) groups is 1. The van der Waals surface area contributed by atoms with Gasteiger partial charge in [0.2, 0.25) is 0 Å². The number of hydrogen-bond donors (Lipinski definition) is 0. The van der Waals surface area contributed by atoms with Crippen molar-refractivity contribution in [3.05, 3.63) is 47.5 Å². The van der Waals surface area contributed by atoms with Gasteiger partial charge in [-0.3, -0.25) is 9.69 Å². The molecule has 8 heteroatoms. The molecule has 2 unspecified atom stereocenters. The van der Waals surface area contributed by atoms with Gasteiger partial charge in [0.15, 0.2) is 23.0 Å². The number of nitrogens with zero attached hydrogens (tertiary/aromatic N) is 1. The normalized spacial score (nSPS) is 29.3. The lowest BCUT2D eigenvalue weighted by Crippen LogP contribution is -2.52. The molecule has 4 atom stereocenters. The highest BCUT2D eigenvalue weighted by Gasteiger charge is 2.53. The zero-order valence-corrected chi connectivity index (χ0v) is 17.1. The summed E-state index contributed by atoms with van der Waals surface area (Å²) < 4.78 is 34.8. The first kappa shape index (κ1) is 18.8. The Bertz CT molecular complexity index is 1020. The molecule has 2 fully saturated rings. The minimum atomic E-state index is -0.551. The van der Waals surface area contributed by atoms with Gasteiger partial charge in [-0.2, -0.15) is 0 Å². The molecule has 31 heavy (non-hydrogen) atoms. The number of ether oxygens (including phenoxy) is 6. The van der Waals surface area contributed by atoms with Crippen molar-refractivity contribution in [2.75, 3.05) is 33.0 Å². The average Bonchev–Trinajstić information content (AvgIpc) is 3.23. The molecular weight excluding hydrogens is 402 g/mol. The summed E-state index contributed by atoms with van der Waals surface area (Å²) in [6, 6.07) is 10.9. The van der Waals surface area contributed by atoms with E-state index in [0.717, 1.165) is 16.9 Å². The first-order chi connectivity index (χ1) is 15.2. The molecule has 2 aromatic carbocycles. The summed E-state index contributed by atoms with van der Waals surface area (Å²) in [5.41, 5.74) is 1.76. The summed E-state index contributed by atoms with van der Waals surface area (Å²) in [7, 11) is 0. The van der Waals surface area contributed by atoms with Gasteiger partial charge in [0.25, 0.3) is 0 Å². The number of benzene rings is 2. The molecule has 6 rings (SSSR count). The van der Waals surface area contributed by atoms with Gasteiger partial charge in [0.1, 0.15) is 51.4 Å². The Labute approximate surface area is 179 Å². The number of esters is 1. The van der Waals surface area contributed by atoms with Crippen LogP contribution in [0.15, 0.2) is 36.4 Å². The SMILES string of the molecule is C[C@H]1COC(=O)C2[C@@H](c3ccc4c(c3)OCCO4)OC(c3ccc4c(c3)OCCO4)N21. The van der Waals surface area contributed by atoms with Crippen LogP contribution in [0.25, 0.3) is 0 Å². The van der Waals surface area contributed by atoms with Crippen LogP contribution in [-0.4, -0.2) is 56.0 Å². The van der Waals surface area contributed by atoms with Gasteiger partial charge in [0.05, 0.1) is 0 Å². The summed E-state index contributed by atoms with van der Waals surface area (Å²) in [6.45, 7) is 4.44. The Hall–Kier alpha value is -2.97. The van der Waals surface area contributed by atoms with Gasteiger partial charge in [0, 0.05) is 6.04 Å². The largest absolute Gasteiger partial charge is 0.486 e. The molecule has 0 aliphatic carbocycles. The Kier molecular flexibility index (Phi) is 4.43. The summed E-state index contributed by atoms with van der Waals surface area (Å²) in [5.74, 6) is 2.50. The van der Waals surface area contributed by atoms with Crippen LogP contribution in [0.5, 0.6) is 23.0 Å². The molecule has 4 heterocycles. The van der Waals surface area contributed by atoms with Crippen molar-refractivity contribution < 1.29 is 33.2 Å². The number of morpholine rings is 1.